The number of amides is 2. The Labute approximate surface area is 145 Å². The number of benzene rings is 1. The molecular formula is C17H21FN4O3. The molecule has 7 nitrogen and oxygen atoms in total. The summed E-state index contributed by atoms with van der Waals surface area (Å²) in [7, 11) is 0. The van der Waals surface area contributed by atoms with E-state index in [0.717, 1.165) is 12.8 Å². The molecule has 2 aliphatic rings. The predicted molar refractivity (Wildman–Crippen MR) is 90.5 cm³/mol. The maximum atomic E-state index is 13.1. The van der Waals surface area contributed by atoms with Crippen molar-refractivity contribution in [1.29, 1.82) is 0 Å². The summed E-state index contributed by atoms with van der Waals surface area (Å²) in [4.78, 5) is 24.2. The van der Waals surface area contributed by atoms with Crippen LogP contribution < -0.4 is 16.1 Å². The van der Waals surface area contributed by atoms with Gasteiger partial charge in [0, 0.05) is 13.0 Å². The van der Waals surface area contributed by atoms with Crippen molar-refractivity contribution < 1.29 is 18.7 Å². The van der Waals surface area contributed by atoms with Crippen molar-refractivity contribution in [2.45, 2.75) is 44.4 Å². The molecule has 8 heteroatoms. The summed E-state index contributed by atoms with van der Waals surface area (Å²) >= 11 is 0. The van der Waals surface area contributed by atoms with E-state index in [0.29, 0.717) is 12.3 Å². The second-order valence-electron chi connectivity index (χ2n) is 6.30. The molecule has 1 saturated heterocycles. The van der Waals surface area contributed by atoms with Gasteiger partial charge in [-0.2, -0.15) is 5.10 Å². The van der Waals surface area contributed by atoms with Crippen LogP contribution in [0.2, 0.25) is 0 Å². The Kier molecular flexibility index (Phi) is 4.98. The quantitative estimate of drug-likeness (QED) is 0.827. The molecule has 0 aromatic heterocycles. The Morgan fingerprint density at radius 2 is 2.12 bits per heavy atom. The largest absolute Gasteiger partial charge is 0.376 e. The lowest BCUT2D eigenvalue weighted by atomic mass is 10.1. The lowest BCUT2D eigenvalue weighted by molar-refractivity contribution is -0.119. The minimum atomic E-state index is -0.774. The zero-order chi connectivity index (χ0) is 18.0. The van der Waals surface area contributed by atoms with Crippen LogP contribution in [0.1, 0.15) is 26.2 Å². The highest BCUT2D eigenvalue weighted by Crippen LogP contribution is 2.25. The summed E-state index contributed by atoms with van der Waals surface area (Å²) < 4.78 is 18.7. The molecule has 0 radical (unpaired) electrons. The third kappa shape index (κ3) is 3.79. The fourth-order valence-electron chi connectivity index (χ4n) is 3.08. The molecule has 0 bridgehead atoms. The Hall–Kier alpha value is -2.48. The lowest BCUT2D eigenvalue weighted by Crippen LogP contribution is -2.44. The number of hydrogen-bond acceptors (Lipinski definition) is 5. The van der Waals surface area contributed by atoms with Gasteiger partial charge in [0.05, 0.1) is 17.8 Å². The number of nitrogens with two attached hydrogens (primary N) is 1. The maximum absolute atomic E-state index is 13.1. The van der Waals surface area contributed by atoms with Crippen molar-refractivity contribution >= 4 is 23.2 Å². The normalized spacial score (nSPS) is 24.1. The number of primary amides is 1. The van der Waals surface area contributed by atoms with Crippen molar-refractivity contribution in [1.82, 2.24) is 5.32 Å². The molecule has 2 amide bonds. The molecule has 3 atom stereocenters. The van der Waals surface area contributed by atoms with Crippen molar-refractivity contribution in [3.8, 4) is 0 Å². The molecule has 1 aromatic carbocycles. The average molecular weight is 348 g/mol. The Bertz CT molecular complexity index is 686. The Balaban J connectivity index is 1.74. The molecular weight excluding hydrogens is 327 g/mol. The first-order valence-corrected chi connectivity index (χ1v) is 8.30. The number of anilines is 1. The van der Waals surface area contributed by atoms with Gasteiger partial charge in [0.25, 0.3) is 5.91 Å². The van der Waals surface area contributed by atoms with E-state index < -0.39 is 17.8 Å². The zero-order valence-electron chi connectivity index (χ0n) is 13.9. The molecule has 0 saturated carbocycles. The lowest BCUT2D eigenvalue weighted by Gasteiger charge is -2.20. The summed E-state index contributed by atoms with van der Waals surface area (Å²) in [5.74, 6) is -1.34. The van der Waals surface area contributed by atoms with Crippen molar-refractivity contribution in [2.24, 2.45) is 10.8 Å². The maximum Gasteiger partial charge on any atom is 0.267 e. The van der Waals surface area contributed by atoms with Gasteiger partial charge < -0.3 is 15.8 Å². The number of nitrogens with one attached hydrogen (secondary N) is 1. The molecule has 2 heterocycles. The molecule has 0 aliphatic carbocycles. The van der Waals surface area contributed by atoms with Crippen LogP contribution in [0.25, 0.3) is 0 Å². The van der Waals surface area contributed by atoms with Gasteiger partial charge in [-0.05, 0) is 44.0 Å². The van der Waals surface area contributed by atoms with E-state index in [1.54, 1.807) is 0 Å². The third-order valence-corrected chi connectivity index (χ3v) is 4.47. The Morgan fingerprint density at radius 3 is 2.72 bits per heavy atom. The second-order valence-corrected chi connectivity index (χ2v) is 6.30. The van der Waals surface area contributed by atoms with Crippen LogP contribution in [0.4, 0.5) is 10.1 Å². The summed E-state index contributed by atoms with van der Waals surface area (Å²) in [6.45, 7) is 2.58. The topological polar surface area (TPSA) is 97.0 Å². The summed E-state index contributed by atoms with van der Waals surface area (Å²) in [5.41, 5.74) is 6.16. The van der Waals surface area contributed by atoms with E-state index in [1.165, 1.54) is 29.3 Å². The SMILES string of the molecule is C[C@H](NC(=O)C1=NN(c2ccc(F)cc2)[C@H](C(N)=O)C1)[C@H]1CCCO1. The second kappa shape index (κ2) is 7.18. The third-order valence-electron chi connectivity index (χ3n) is 4.47. The fraction of sp³-hybridized carbons (Fsp3) is 0.471. The monoisotopic (exact) mass is 348 g/mol. The number of carbonyl (C=O) groups excluding carboxylic acids is 2. The number of nitrogens with zero attached hydrogens (tertiary/aromatic N) is 2. The van der Waals surface area contributed by atoms with Crippen molar-refractivity contribution in [3.63, 3.8) is 0 Å². The molecule has 25 heavy (non-hydrogen) atoms. The fourth-order valence-corrected chi connectivity index (χ4v) is 3.08. The molecule has 134 valence electrons. The van der Waals surface area contributed by atoms with Gasteiger partial charge in [-0.1, -0.05) is 0 Å². The van der Waals surface area contributed by atoms with Crippen LogP contribution in [0, 0.1) is 5.82 Å². The smallest absolute Gasteiger partial charge is 0.267 e. The van der Waals surface area contributed by atoms with Crippen molar-refractivity contribution in [3.05, 3.63) is 30.1 Å². The molecule has 0 unspecified atom stereocenters. The standard InChI is InChI=1S/C17H21FN4O3/c1-10(15-3-2-8-25-15)20-17(24)13-9-14(16(19)23)22(21-13)12-6-4-11(18)5-7-12/h4-7,10,14-15H,2-3,8-9H2,1H3,(H2,19,23)(H,20,24)/t10-,14-,15+/m0/s1. The minimum Gasteiger partial charge on any atom is -0.376 e. The number of hydrazone groups is 1. The van der Waals surface area contributed by atoms with Crippen LogP contribution in [0.5, 0.6) is 0 Å². The predicted octanol–water partition coefficient (Wildman–Crippen LogP) is 0.929. The highest BCUT2D eigenvalue weighted by molar-refractivity contribution is 6.40. The molecule has 1 fully saturated rings. The van der Waals surface area contributed by atoms with Gasteiger partial charge in [-0.15, -0.1) is 0 Å². The van der Waals surface area contributed by atoms with E-state index in [2.05, 4.69) is 10.4 Å². The zero-order valence-corrected chi connectivity index (χ0v) is 13.9. The summed E-state index contributed by atoms with van der Waals surface area (Å²) in [6, 6.07) is 4.59. The van der Waals surface area contributed by atoms with Gasteiger partial charge in [-0.25, -0.2) is 4.39 Å². The van der Waals surface area contributed by atoms with E-state index in [-0.39, 0.29) is 30.2 Å². The number of rotatable bonds is 5. The highest BCUT2D eigenvalue weighted by atomic mass is 19.1. The van der Waals surface area contributed by atoms with E-state index in [4.69, 9.17) is 10.5 Å². The number of carbonyl (C=O) groups is 2. The van der Waals surface area contributed by atoms with Crippen LogP contribution in [-0.4, -0.2) is 42.3 Å². The van der Waals surface area contributed by atoms with Gasteiger partial charge in [0.1, 0.15) is 17.6 Å². The van der Waals surface area contributed by atoms with Crippen LogP contribution in [-0.2, 0) is 14.3 Å². The van der Waals surface area contributed by atoms with Gasteiger partial charge >= 0.3 is 0 Å². The number of ether oxygens (including phenoxy) is 1. The first-order valence-electron chi connectivity index (χ1n) is 8.30. The summed E-state index contributed by atoms with van der Waals surface area (Å²) in [6.07, 6.45) is 1.98. The molecule has 0 spiro atoms. The van der Waals surface area contributed by atoms with Gasteiger partial charge in [0.2, 0.25) is 5.91 Å². The van der Waals surface area contributed by atoms with Crippen LogP contribution in [0.3, 0.4) is 0 Å². The molecule has 3 N–H and O–H groups in total. The first-order chi connectivity index (χ1) is 12.0. The van der Waals surface area contributed by atoms with Crippen molar-refractivity contribution in [2.75, 3.05) is 11.6 Å². The molecule has 3 rings (SSSR count). The van der Waals surface area contributed by atoms with Gasteiger partial charge in [-0.3, -0.25) is 14.6 Å². The Morgan fingerprint density at radius 1 is 1.40 bits per heavy atom. The molecule has 1 aromatic rings. The summed E-state index contributed by atoms with van der Waals surface area (Å²) in [5, 5.41) is 8.48. The van der Waals surface area contributed by atoms with E-state index in [1.807, 2.05) is 6.92 Å². The van der Waals surface area contributed by atoms with E-state index in [9.17, 15) is 14.0 Å². The molecule has 2 aliphatic heterocycles. The van der Waals surface area contributed by atoms with Gasteiger partial charge in [0.15, 0.2) is 0 Å². The van der Waals surface area contributed by atoms with E-state index >= 15 is 0 Å². The minimum absolute atomic E-state index is 0.00825. The highest BCUT2D eigenvalue weighted by Gasteiger charge is 2.36. The first kappa shape index (κ1) is 17.3. The number of hydrogen-bond donors (Lipinski definition) is 2. The average Bonchev–Trinajstić information content (AvgIpc) is 3.25. The van der Waals surface area contributed by atoms with Crippen LogP contribution in [0.15, 0.2) is 29.4 Å². The van der Waals surface area contributed by atoms with Crippen LogP contribution >= 0.6 is 0 Å². The number of halogens is 1.